The van der Waals surface area contributed by atoms with Crippen LogP contribution in [0.15, 0.2) is 65.7 Å². The highest BCUT2D eigenvalue weighted by Gasteiger charge is 2.18. The Labute approximate surface area is 166 Å². The van der Waals surface area contributed by atoms with Gasteiger partial charge in [0.15, 0.2) is 11.5 Å². The maximum absolute atomic E-state index is 13.0. The number of aliphatic hydroxyl groups is 1. The lowest BCUT2D eigenvalue weighted by molar-refractivity contribution is 0.154. The van der Waals surface area contributed by atoms with E-state index in [2.05, 4.69) is 5.10 Å². The van der Waals surface area contributed by atoms with Gasteiger partial charge in [-0.2, -0.15) is 5.10 Å². The topological polar surface area (TPSA) is 78.0 Å². The highest BCUT2D eigenvalue weighted by atomic mass is 16.7. The zero-order valence-corrected chi connectivity index (χ0v) is 15.8. The van der Waals surface area contributed by atoms with Crippen LogP contribution in [0.3, 0.4) is 0 Å². The molecular weight excluding hydrogens is 370 g/mol. The number of hydrogen-bond acceptors (Lipinski definition) is 5. The number of hydrogen-bond donors (Lipinski definition) is 1. The molecule has 0 bridgehead atoms. The molecule has 0 fully saturated rings. The van der Waals surface area contributed by atoms with Crippen LogP contribution in [-0.2, 0) is 6.54 Å². The third-order valence-corrected chi connectivity index (χ3v) is 5.18. The molecule has 1 aliphatic rings. The average Bonchev–Trinajstić information content (AvgIpc) is 3.37. The Morgan fingerprint density at radius 1 is 1.10 bits per heavy atom. The van der Waals surface area contributed by atoms with Crippen LogP contribution in [-0.4, -0.2) is 26.1 Å². The summed E-state index contributed by atoms with van der Waals surface area (Å²) in [6.45, 7) is 2.31. The summed E-state index contributed by atoms with van der Waals surface area (Å²) in [5.74, 6) is 1.26. The second kappa shape index (κ2) is 6.79. The second-order valence-electron chi connectivity index (χ2n) is 7.06. The smallest absolute Gasteiger partial charge is 0.276 e. The summed E-state index contributed by atoms with van der Waals surface area (Å²) < 4.78 is 13.7. The molecule has 0 spiro atoms. The summed E-state index contributed by atoms with van der Waals surface area (Å²) in [5, 5.41) is 15.2. The number of aromatic nitrogens is 3. The van der Waals surface area contributed by atoms with Gasteiger partial charge in [-0.15, -0.1) is 0 Å². The Kier molecular flexibility index (Phi) is 4.10. The SMILES string of the molecule is Cc1ccccc1-c1cc2c(=O)n(CC(O)c3ccc4c(c3)OCO4)ccn2n1. The molecule has 146 valence electrons. The van der Waals surface area contributed by atoms with Crippen molar-refractivity contribution in [2.45, 2.75) is 19.6 Å². The van der Waals surface area contributed by atoms with E-state index in [9.17, 15) is 9.90 Å². The van der Waals surface area contributed by atoms with Crippen LogP contribution in [0.2, 0.25) is 0 Å². The lowest BCUT2D eigenvalue weighted by Crippen LogP contribution is -2.24. The van der Waals surface area contributed by atoms with Gasteiger partial charge in [0.25, 0.3) is 5.56 Å². The molecule has 3 heterocycles. The molecule has 1 aliphatic heterocycles. The van der Waals surface area contributed by atoms with Crippen LogP contribution in [0.4, 0.5) is 0 Å². The Morgan fingerprint density at radius 3 is 2.79 bits per heavy atom. The van der Waals surface area contributed by atoms with E-state index in [-0.39, 0.29) is 18.9 Å². The minimum absolute atomic E-state index is 0.125. The molecule has 2 aromatic heterocycles. The van der Waals surface area contributed by atoms with E-state index < -0.39 is 6.10 Å². The summed E-state index contributed by atoms with van der Waals surface area (Å²) in [4.78, 5) is 13.0. The molecule has 4 aromatic rings. The first-order valence-corrected chi connectivity index (χ1v) is 9.32. The van der Waals surface area contributed by atoms with Crippen molar-refractivity contribution < 1.29 is 14.6 Å². The first kappa shape index (κ1) is 17.5. The highest BCUT2D eigenvalue weighted by molar-refractivity contribution is 5.68. The normalized spacial score (nSPS) is 13.7. The Morgan fingerprint density at radius 2 is 1.93 bits per heavy atom. The van der Waals surface area contributed by atoms with Gasteiger partial charge >= 0.3 is 0 Å². The second-order valence-corrected chi connectivity index (χ2v) is 7.06. The number of aliphatic hydroxyl groups excluding tert-OH is 1. The average molecular weight is 389 g/mol. The van der Waals surface area contributed by atoms with E-state index in [1.807, 2.05) is 31.2 Å². The summed E-state index contributed by atoms with van der Waals surface area (Å²) >= 11 is 0. The van der Waals surface area contributed by atoms with E-state index in [0.717, 1.165) is 16.8 Å². The molecule has 7 heteroatoms. The lowest BCUT2D eigenvalue weighted by atomic mass is 10.1. The number of benzene rings is 2. The van der Waals surface area contributed by atoms with Gasteiger partial charge in [-0.05, 0) is 36.2 Å². The number of rotatable bonds is 4. The van der Waals surface area contributed by atoms with Crippen molar-refractivity contribution in [2.24, 2.45) is 0 Å². The monoisotopic (exact) mass is 389 g/mol. The molecule has 7 nitrogen and oxygen atoms in total. The molecule has 0 radical (unpaired) electrons. The molecule has 0 amide bonds. The van der Waals surface area contributed by atoms with Crippen molar-refractivity contribution in [1.82, 2.24) is 14.2 Å². The van der Waals surface area contributed by atoms with Crippen molar-refractivity contribution in [3.63, 3.8) is 0 Å². The van der Waals surface area contributed by atoms with E-state index in [1.54, 1.807) is 41.2 Å². The third-order valence-electron chi connectivity index (χ3n) is 5.18. The lowest BCUT2D eigenvalue weighted by Gasteiger charge is -2.13. The number of ether oxygens (including phenoxy) is 2. The molecule has 1 unspecified atom stereocenters. The van der Waals surface area contributed by atoms with Crippen molar-refractivity contribution in [3.8, 4) is 22.8 Å². The molecular formula is C22H19N3O4. The molecule has 0 saturated heterocycles. The van der Waals surface area contributed by atoms with Gasteiger partial charge in [0.1, 0.15) is 5.52 Å². The van der Waals surface area contributed by atoms with Gasteiger partial charge in [0.2, 0.25) is 6.79 Å². The molecule has 1 atom stereocenters. The van der Waals surface area contributed by atoms with Gasteiger partial charge in [0, 0.05) is 18.0 Å². The standard InChI is InChI=1S/C22H19N3O4/c1-14-4-2-3-5-16(14)17-11-18-22(27)24(8-9-25(18)23-17)12-19(26)15-6-7-20-21(10-15)29-13-28-20/h2-11,19,26H,12-13H2,1H3. The molecule has 0 saturated carbocycles. The fourth-order valence-electron chi connectivity index (χ4n) is 3.57. The summed E-state index contributed by atoms with van der Waals surface area (Å²) in [6.07, 6.45) is 2.51. The van der Waals surface area contributed by atoms with Crippen molar-refractivity contribution >= 4 is 5.52 Å². The zero-order valence-electron chi connectivity index (χ0n) is 15.8. The van der Waals surface area contributed by atoms with Gasteiger partial charge < -0.3 is 19.1 Å². The number of fused-ring (bicyclic) bond motifs is 2. The van der Waals surface area contributed by atoms with Crippen LogP contribution < -0.4 is 15.0 Å². The largest absolute Gasteiger partial charge is 0.454 e. The third kappa shape index (κ3) is 3.05. The molecule has 5 rings (SSSR count). The van der Waals surface area contributed by atoms with Crippen LogP contribution >= 0.6 is 0 Å². The first-order chi connectivity index (χ1) is 14.1. The maximum Gasteiger partial charge on any atom is 0.276 e. The first-order valence-electron chi connectivity index (χ1n) is 9.32. The van der Waals surface area contributed by atoms with Crippen molar-refractivity contribution in [3.05, 3.63) is 82.4 Å². The minimum atomic E-state index is -0.858. The van der Waals surface area contributed by atoms with Crippen LogP contribution in [0, 0.1) is 6.92 Å². The van der Waals surface area contributed by atoms with E-state index in [1.165, 1.54) is 4.57 Å². The molecule has 29 heavy (non-hydrogen) atoms. The van der Waals surface area contributed by atoms with Gasteiger partial charge in [-0.25, -0.2) is 4.52 Å². The quantitative estimate of drug-likeness (QED) is 0.581. The predicted octanol–water partition coefficient (Wildman–Crippen LogP) is 2.93. The van der Waals surface area contributed by atoms with Crippen LogP contribution in [0.5, 0.6) is 11.5 Å². The fourth-order valence-corrected chi connectivity index (χ4v) is 3.57. The number of aryl methyl sites for hydroxylation is 1. The Balaban J connectivity index is 1.47. The summed E-state index contributed by atoms with van der Waals surface area (Å²) in [5.41, 5.74) is 3.74. The predicted molar refractivity (Wildman–Crippen MR) is 107 cm³/mol. The molecule has 2 aromatic carbocycles. The van der Waals surface area contributed by atoms with Crippen molar-refractivity contribution in [2.75, 3.05) is 6.79 Å². The zero-order chi connectivity index (χ0) is 20.0. The maximum atomic E-state index is 13.0. The van der Waals surface area contributed by atoms with Gasteiger partial charge in [-0.3, -0.25) is 4.79 Å². The minimum Gasteiger partial charge on any atom is -0.454 e. The van der Waals surface area contributed by atoms with Crippen molar-refractivity contribution in [1.29, 1.82) is 0 Å². The van der Waals surface area contributed by atoms with Gasteiger partial charge in [0.05, 0.1) is 18.3 Å². The Bertz CT molecular complexity index is 1270. The van der Waals surface area contributed by atoms with E-state index in [0.29, 0.717) is 22.6 Å². The van der Waals surface area contributed by atoms with Crippen LogP contribution in [0.25, 0.3) is 16.8 Å². The Hall–Kier alpha value is -3.58. The fraction of sp³-hybridized carbons (Fsp3) is 0.182. The highest BCUT2D eigenvalue weighted by Crippen LogP contribution is 2.34. The molecule has 0 aliphatic carbocycles. The van der Waals surface area contributed by atoms with Crippen LogP contribution in [0.1, 0.15) is 17.2 Å². The van der Waals surface area contributed by atoms with E-state index >= 15 is 0 Å². The van der Waals surface area contributed by atoms with Gasteiger partial charge in [-0.1, -0.05) is 30.3 Å². The number of nitrogens with zero attached hydrogens (tertiary/aromatic N) is 3. The summed E-state index contributed by atoms with van der Waals surface area (Å²) in [6, 6.07) is 15.0. The van der Waals surface area contributed by atoms with E-state index in [4.69, 9.17) is 9.47 Å². The molecule has 1 N–H and O–H groups in total. The summed E-state index contributed by atoms with van der Waals surface area (Å²) in [7, 11) is 0.